The number of benzene rings is 1. The van der Waals surface area contributed by atoms with Crippen molar-refractivity contribution in [2.24, 2.45) is 0 Å². The van der Waals surface area contributed by atoms with Gasteiger partial charge in [0.05, 0.1) is 6.20 Å². The topological polar surface area (TPSA) is 59.4 Å². The Kier molecular flexibility index (Phi) is 3.62. The first-order valence-electron chi connectivity index (χ1n) is 5.19. The van der Waals surface area contributed by atoms with Crippen LogP contribution in [-0.4, -0.2) is 16.1 Å². The molecule has 0 atom stereocenters. The number of halogens is 1. The van der Waals surface area contributed by atoms with E-state index >= 15 is 0 Å². The molecule has 0 bridgehead atoms. The molecule has 0 spiro atoms. The first-order valence-corrected chi connectivity index (χ1v) is 5.98. The molecule has 0 saturated carbocycles. The van der Waals surface area contributed by atoms with E-state index in [1.165, 1.54) is 12.3 Å². The van der Waals surface area contributed by atoms with Crippen LogP contribution >= 0.6 is 15.9 Å². The number of ether oxygens (including phenoxy) is 1. The van der Waals surface area contributed by atoms with Crippen molar-refractivity contribution in [2.75, 3.05) is 0 Å². The molecule has 0 unspecified atom stereocenters. The molecular formula is C13H10BrNO3. The maximum absolute atomic E-state index is 11.1. The van der Waals surface area contributed by atoms with E-state index in [4.69, 9.17) is 9.84 Å². The Morgan fingerprint density at radius 2 is 2.17 bits per heavy atom. The minimum absolute atomic E-state index is 0.134. The lowest BCUT2D eigenvalue weighted by molar-refractivity contribution is 0.0694. The number of carboxylic acids is 1. The number of aryl methyl sites for hydroxylation is 1. The van der Waals surface area contributed by atoms with Crippen LogP contribution < -0.4 is 4.74 Å². The van der Waals surface area contributed by atoms with Crippen LogP contribution in [0.3, 0.4) is 0 Å². The normalized spacial score (nSPS) is 10.1. The highest BCUT2D eigenvalue weighted by molar-refractivity contribution is 9.10. The molecule has 0 saturated heterocycles. The van der Waals surface area contributed by atoms with Gasteiger partial charge in [-0.2, -0.15) is 0 Å². The van der Waals surface area contributed by atoms with Gasteiger partial charge in [-0.15, -0.1) is 0 Å². The lowest BCUT2D eigenvalue weighted by atomic mass is 10.1. The number of aromatic nitrogens is 1. The first-order chi connectivity index (χ1) is 8.58. The van der Waals surface area contributed by atoms with Gasteiger partial charge in [0.1, 0.15) is 17.1 Å². The lowest BCUT2D eigenvalue weighted by Gasteiger charge is -2.11. The molecule has 0 aliphatic rings. The zero-order chi connectivity index (χ0) is 13.1. The van der Waals surface area contributed by atoms with Crippen LogP contribution in [0.5, 0.6) is 11.5 Å². The SMILES string of the molecule is Cc1cccc(C(=O)O)c1Oc1cncc(Br)c1. The molecule has 2 rings (SSSR count). The number of para-hydroxylation sites is 1. The van der Waals surface area contributed by atoms with Gasteiger partial charge in [-0.1, -0.05) is 12.1 Å². The van der Waals surface area contributed by atoms with Gasteiger partial charge in [-0.25, -0.2) is 4.79 Å². The average molecular weight is 308 g/mol. The fourth-order valence-corrected chi connectivity index (χ4v) is 1.87. The van der Waals surface area contributed by atoms with Crippen LogP contribution in [0.2, 0.25) is 0 Å². The molecule has 5 heteroatoms. The number of aromatic carboxylic acids is 1. The van der Waals surface area contributed by atoms with E-state index in [0.717, 1.165) is 10.0 Å². The predicted octanol–water partition coefficient (Wildman–Crippen LogP) is 3.64. The van der Waals surface area contributed by atoms with E-state index in [1.54, 1.807) is 31.3 Å². The van der Waals surface area contributed by atoms with E-state index in [1.807, 2.05) is 0 Å². The van der Waals surface area contributed by atoms with Crippen molar-refractivity contribution in [3.63, 3.8) is 0 Å². The highest BCUT2D eigenvalue weighted by atomic mass is 79.9. The van der Waals surface area contributed by atoms with Crippen molar-refractivity contribution in [1.82, 2.24) is 4.98 Å². The molecule has 0 aliphatic heterocycles. The van der Waals surface area contributed by atoms with Crippen LogP contribution in [0.4, 0.5) is 0 Å². The fourth-order valence-electron chi connectivity index (χ4n) is 1.52. The molecule has 0 radical (unpaired) electrons. The van der Waals surface area contributed by atoms with E-state index in [0.29, 0.717) is 11.5 Å². The Hall–Kier alpha value is -1.88. The van der Waals surface area contributed by atoms with Gasteiger partial charge < -0.3 is 9.84 Å². The zero-order valence-electron chi connectivity index (χ0n) is 9.55. The Balaban J connectivity index is 2.42. The Morgan fingerprint density at radius 1 is 1.39 bits per heavy atom. The molecule has 2 aromatic rings. The maximum atomic E-state index is 11.1. The monoisotopic (exact) mass is 307 g/mol. The molecule has 1 aromatic carbocycles. The summed E-state index contributed by atoms with van der Waals surface area (Å²) in [4.78, 5) is 15.1. The molecule has 1 heterocycles. The summed E-state index contributed by atoms with van der Waals surface area (Å²) < 4.78 is 6.38. The van der Waals surface area contributed by atoms with Gasteiger partial charge in [0, 0.05) is 10.7 Å². The van der Waals surface area contributed by atoms with Gasteiger partial charge >= 0.3 is 5.97 Å². The number of carbonyl (C=O) groups is 1. The van der Waals surface area contributed by atoms with Crippen molar-refractivity contribution < 1.29 is 14.6 Å². The Bertz CT molecular complexity index is 599. The van der Waals surface area contributed by atoms with Crippen LogP contribution in [0, 0.1) is 6.92 Å². The van der Waals surface area contributed by atoms with Gasteiger partial charge in [-0.05, 0) is 40.5 Å². The molecule has 1 aromatic heterocycles. The van der Waals surface area contributed by atoms with Crippen molar-refractivity contribution >= 4 is 21.9 Å². The summed E-state index contributed by atoms with van der Waals surface area (Å²) in [5.74, 6) is -0.192. The summed E-state index contributed by atoms with van der Waals surface area (Å²) in [6, 6.07) is 6.72. The first kappa shape index (κ1) is 12.6. The summed E-state index contributed by atoms with van der Waals surface area (Å²) in [5.41, 5.74) is 0.893. The van der Waals surface area contributed by atoms with Crippen LogP contribution in [-0.2, 0) is 0 Å². The minimum Gasteiger partial charge on any atom is -0.478 e. The summed E-state index contributed by atoms with van der Waals surface area (Å²) in [6.45, 7) is 1.80. The third kappa shape index (κ3) is 2.68. The lowest BCUT2D eigenvalue weighted by Crippen LogP contribution is -2.01. The molecule has 0 aliphatic carbocycles. The van der Waals surface area contributed by atoms with Crippen molar-refractivity contribution in [2.45, 2.75) is 6.92 Å². The fraction of sp³-hybridized carbons (Fsp3) is 0.0769. The highest BCUT2D eigenvalue weighted by Gasteiger charge is 2.14. The van der Waals surface area contributed by atoms with Gasteiger partial charge in [0.15, 0.2) is 0 Å². The number of nitrogens with zero attached hydrogens (tertiary/aromatic N) is 1. The predicted molar refractivity (Wildman–Crippen MR) is 70.1 cm³/mol. The number of hydrogen-bond acceptors (Lipinski definition) is 3. The summed E-state index contributed by atoms with van der Waals surface area (Å²) in [5, 5.41) is 9.12. The number of hydrogen-bond donors (Lipinski definition) is 1. The number of pyridine rings is 1. The molecule has 0 fully saturated rings. The van der Waals surface area contributed by atoms with E-state index in [9.17, 15) is 4.79 Å². The summed E-state index contributed by atoms with van der Waals surface area (Å²) in [6.07, 6.45) is 3.16. The van der Waals surface area contributed by atoms with Crippen molar-refractivity contribution in [3.8, 4) is 11.5 Å². The van der Waals surface area contributed by atoms with E-state index in [2.05, 4.69) is 20.9 Å². The number of carboxylic acid groups (broad SMARTS) is 1. The highest BCUT2D eigenvalue weighted by Crippen LogP contribution is 2.29. The molecule has 1 N–H and O–H groups in total. The Morgan fingerprint density at radius 3 is 2.83 bits per heavy atom. The zero-order valence-corrected chi connectivity index (χ0v) is 11.1. The third-order valence-corrected chi connectivity index (χ3v) is 2.78. The summed E-state index contributed by atoms with van der Waals surface area (Å²) in [7, 11) is 0. The molecule has 18 heavy (non-hydrogen) atoms. The molecular weight excluding hydrogens is 298 g/mol. The quantitative estimate of drug-likeness (QED) is 0.940. The van der Waals surface area contributed by atoms with E-state index in [-0.39, 0.29) is 5.56 Å². The van der Waals surface area contributed by atoms with Crippen LogP contribution in [0.25, 0.3) is 0 Å². The van der Waals surface area contributed by atoms with Crippen molar-refractivity contribution in [1.29, 1.82) is 0 Å². The third-order valence-electron chi connectivity index (χ3n) is 2.34. The standard InChI is InChI=1S/C13H10BrNO3/c1-8-3-2-4-11(13(16)17)12(8)18-10-5-9(14)6-15-7-10/h2-7H,1H3,(H,16,17). The Labute approximate surface area is 112 Å². The van der Waals surface area contributed by atoms with Gasteiger partial charge in [-0.3, -0.25) is 4.98 Å². The second kappa shape index (κ2) is 5.18. The second-order valence-corrected chi connectivity index (χ2v) is 4.61. The average Bonchev–Trinajstić information content (AvgIpc) is 2.31. The molecule has 0 amide bonds. The van der Waals surface area contributed by atoms with Crippen molar-refractivity contribution in [3.05, 3.63) is 52.3 Å². The van der Waals surface area contributed by atoms with Crippen LogP contribution in [0.1, 0.15) is 15.9 Å². The molecule has 4 nitrogen and oxygen atoms in total. The second-order valence-electron chi connectivity index (χ2n) is 3.70. The van der Waals surface area contributed by atoms with Crippen LogP contribution in [0.15, 0.2) is 41.1 Å². The molecule has 92 valence electrons. The number of rotatable bonds is 3. The largest absolute Gasteiger partial charge is 0.478 e. The minimum atomic E-state index is -1.02. The maximum Gasteiger partial charge on any atom is 0.339 e. The van der Waals surface area contributed by atoms with Gasteiger partial charge in [0.25, 0.3) is 0 Å². The summed E-state index contributed by atoms with van der Waals surface area (Å²) >= 11 is 3.28. The smallest absolute Gasteiger partial charge is 0.339 e. The van der Waals surface area contributed by atoms with E-state index < -0.39 is 5.97 Å². The van der Waals surface area contributed by atoms with Gasteiger partial charge in [0.2, 0.25) is 0 Å².